The minimum atomic E-state index is -0.548. The first-order chi connectivity index (χ1) is 12.3. The van der Waals surface area contributed by atoms with Gasteiger partial charge in [-0.3, -0.25) is 4.90 Å². The maximum atomic E-state index is 10.4. The predicted octanol–water partition coefficient (Wildman–Crippen LogP) is 2.05. The van der Waals surface area contributed by atoms with E-state index in [1.165, 1.54) is 6.42 Å². The van der Waals surface area contributed by atoms with Gasteiger partial charge in [-0.25, -0.2) is 0 Å². The van der Waals surface area contributed by atoms with Crippen molar-refractivity contribution in [1.29, 1.82) is 0 Å². The second kappa shape index (κ2) is 9.38. The number of ether oxygens (including phenoxy) is 4. The molecule has 2 unspecified atom stereocenters. The molecule has 0 aromatic heterocycles. The van der Waals surface area contributed by atoms with E-state index < -0.39 is 6.10 Å². The summed E-state index contributed by atoms with van der Waals surface area (Å²) in [5.74, 6) is 1.56. The molecule has 0 spiro atoms. The third-order valence-electron chi connectivity index (χ3n) is 4.65. The van der Waals surface area contributed by atoms with Gasteiger partial charge in [-0.1, -0.05) is 6.42 Å². The molecule has 6 nitrogen and oxygen atoms in total. The van der Waals surface area contributed by atoms with Gasteiger partial charge < -0.3 is 24.1 Å². The van der Waals surface area contributed by atoms with Crippen LogP contribution in [0.25, 0.3) is 0 Å². The molecule has 2 atom stereocenters. The zero-order valence-electron chi connectivity index (χ0n) is 14.9. The van der Waals surface area contributed by atoms with Crippen LogP contribution < -0.4 is 9.47 Å². The monoisotopic (exact) mass is 351 g/mol. The average Bonchev–Trinajstić information content (AvgIpc) is 3.16. The quantitative estimate of drug-likeness (QED) is 0.774. The van der Waals surface area contributed by atoms with E-state index >= 15 is 0 Å². The van der Waals surface area contributed by atoms with Crippen molar-refractivity contribution in [3.05, 3.63) is 24.3 Å². The molecular formula is C19H29NO5. The number of rotatable bonds is 8. The van der Waals surface area contributed by atoms with Crippen LogP contribution in [0.1, 0.15) is 26.2 Å². The van der Waals surface area contributed by atoms with Crippen molar-refractivity contribution in [3.8, 4) is 11.5 Å². The van der Waals surface area contributed by atoms with E-state index in [0.717, 1.165) is 30.9 Å². The van der Waals surface area contributed by atoms with E-state index in [2.05, 4.69) is 4.90 Å². The van der Waals surface area contributed by atoms with Gasteiger partial charge in [0.05, 0.1) is 25.9 Å². The van der Waals surface area contributed by atoms with Gasteiger partial charge in [0, 0.05) is 6.54 Å². The summed E-state index contributed by atoms with van der Waals surface area (Å²) in [5, 5.41) is 10.4. The Bertz CT molecular complexity index is 503. The Balaban J connectivity index is 1.46. The van der Waals surface area contributed by atoms with Crippen molar-refractivity contribution in [2.45, 2.75) is 44.6 Å². The number of nitrogens with zero attached hydrogens (tertiary/aromatic N) is 1. The molecule has 1 aromatic carbocycles. The largest absolute Gasteiger partial charge is 0.494 e. The smallest absolute Gasteiger partial charge is 0.173 e. The first-order valence-electron chi connectivity index (χ1n) is 9.27. The normalized spacial score (nSPS) is 23.5. The van der Waals surface area contributed by atoms with E-state index in [1.54, 1.807) is 0 Å². The van der Waals surface area contributed by atoms with Gasteiger partial charge in [0.1, 0.15) is 24.2 Å². The lowest BCUT2D eigenvalue weighted by Gasteiger charge is -2.38. The van der Waals surface area contributed by atoms with Crippen LogP contribution >= 0.6 is 0 Å². The molecule has 0 amide bonds. The lowest BCUT2D eigenvalue weighted by atomic mass is 10.0. The maximum absolute atomic E-state index is 10.4. The number of hydrogen-bond acceptors (Lipinski definition) is 6. The highest BCUT2D eigenvalue weighted by molar-refractivity contribution is 5.31. The van der Waals surface area contributed by atoms with Gasteiger partial charge in [-0.2, -0.15) is 0 Å². The van der Waals surface area contributed by atoms with E-state index in [1.807, 2.05) is 31.2 Å². The Hall–Kier alpha value is -1.34. The summed E-state index contributed by atoms with van der Waals surface area (Å²) in [6, 6.07) is 7.71. The van der Waals surface area contributed by atoms with Crippen LogP contribution in [-0.4, -0.2) is 68.0 Å². The zero-order chi connectivity index (χ0) is 17.5. The minimum absolute atomic E-state index is 0.153. The number of aliphatic hydroxyl groups is 1. The molecule has 0 aliphatic carbocycles. The van der Waals surface area contributed by atoms with Gasteiger partial charge >= 0.3 is 0 Å². The maximum Gasteiger partial charge on any atom is 0.173 e. The van der Waals surface area contributed by atoms with Gasteiger partial charge in [0.15, 0.2) is 6.29 Å². The van der Waals surface area contributed by atoms with Gasteiger partial charge in [0.25, 0.3) is 0 Å². The Kier molecular flexibility index (Phi) is 6.93. The summed E-state index contributed by atoms with van der Waals surface area (Å²) in [6.07, 6.45) is 2.68. The summed E-state index contributed by atoms with van der Waals surface area (Å²) in [7, 11) is 0. The molecule has 0 bridgehead atoms. The summed E-state index contributed by atoms with van der Waals surface area (Å²) in [6.45, 7) is 5.74. The van der Waals surface area contributed by atoms with E-state index in [9.17, 15) is 5.11 Å². The number of aliphatic hydroxyl groups excluding tert-OH is 1. The molecule has 2 saturated heterocycles. The van der Waals surface area contributed by atoms with Crippen LogP contribution in [0.4, 0.5) is 0 Å². The molecule has 2 aliphatic heterocycles. The average molecular weight is 351 g/mol. The molecule has 3 rings (SSSR count). The van der Waals surface area contributed by atoms with Gasteiger partial charge in [-0.05, 0) is 50.6 Å². The number of likely N-dealkylation sites (tertiary alicyclic amines) is 1. The lowest BCUT2D eigenvalue weighted by molar-refractivity contribution is -0.115. The number of benzene rings is 1. The molecule has 1 N–H and O–H groups in total. The molecule has 25 heavy (non-hydrogen) atoms. The van der Waals surface area contributed by atoms with E-state index in [4.69, 9.17) is 18.9 Å². The Morgan fingerprint density at radius 2 is 1.80 bits per heavy atom. The van der Waals surface area contributed by atoms with Crippen LogP contribution in [0.15, 0.2) is 24.3 Å². The fourth-order valence-corrected chi connectivity index (χ4v) is 3.47. The van der Waals surface area contributed by atoms with Crippen molar-refractivity contribution in [2.24, 2.45) is 0 Å². The predicted molar refractivity (Wildman–Crippen MR) is 94.0 cm³/mol. The Labute approximate surface area is 149 Å². The minimum Gasteiger partial charge on any atom is -0.494 e. The Morgan fingerprint density at radius 1 is 1.12 bits per heavy atom. The van der Waals surface area contributed by atoms with Crippen molar-refractivity contribution in [2.75, 3.05) is 39.5 Å². The molecule has 0 radical (unpaired) electrons. The van der Waals surface area contributed by atoms with Crippen molar-refractivity contribution >= 4 is 0 Å². The van der Waals surface area contributed by atoms with Gasteiger partial charge in [0.2, 0.25) is 0 Å². The molecule has 2 heterocycles. The van der Waals surface area contributed by atoms with Crippen molar-refractivity contribution in [1.82, 2.24) is 4.90 Å². The first-order valence-corrected chi connectivity index (χ1v) is 9.27. The number of hydrogen-bond donors (Lipinski definition) is 1. The summed E-state index contributed by atoms with van der Waals surface area (Å²) >= 11 is 0. The molecule has 0 saturated carbocycles. The number of β-amino-alcohol motifs (C(OH)–C–C–N with tert-alkyl or cyclic N) is 1. The highest BCUT2D eigenvalue weighted by Crippen LogP contribution is 2.24. The van der Waals surface area contributed by atoms with Crippen LogP contribution in [0.2, 0.25) is 0 Å². The van der Waals surface area contributed by atoms with Crippen molar-refractivity contribution < 1.29 is 24.1 Å². The lowest BCUT2D eigenvalue weighted by Crippen LogP contribution is -2.50. The van der Waals surface area contributed by atoms with Crippen molar-refractivity contribution in [3.63, 3.8) is 0 Å². The standard InChI is InChI=1S/C19H29NO5/c1-2-22-16-6-8-17(9-7-16)25-14-15(21)13-20-10-4-3-5-18(20)19-23-11-12-24-19/h6-9,15,18-19,21H,2-5,10-14H2,1H3. The van der Waals surface area contributed by atoms with E-state index in [-0.39, 0.29) is 18.9 Å². The third-order valence-corrected chi connectivity index (χ3v) is 4.65. The molecular weight excluding hydrogens is 322 g/mol. The van der Waals surface area contributed by atoms with Crippen LogP contribution in [0.5, 0.6) is 11.5 Å². The SMILES string of the molecule is CCOc1ccc(OCC(O)CN2CCCCC2C2OCCO2)cc1. The third kappa shape index (κ3) is 5.31. The zero-order valence-corrected chi connectivity index (χ0v) is 14.9. The van der Waals surface area contributed by atoms with Crippen LogP contribution in [0, 0.1) is 0 Å². The summed E-state index contributed by atoms with van der Waals surface area (Å²) < 4.78 is 22.5. The topological polar surface area (TPSA) is 60.4 Å². The second-order valence-corrected chi connectivity index (χ2v) is 6.54. The Morgan fingerprint density at radius 3 is 2.48 bits per heavy atom. The molecule has 2 fully saturated rings. The molecule has 6 heteroatoms. The fraction of sp³-hybridized carbons (Fsp3) is 0.684. The summed E-state index contributed by atoms with van der Waals surface area (Å²) in [5.41, 5.74) is 0. The first kappa shape index (κ1) is 18.5. The molecule has 140 valence electrons. The highest BCUT2D eigenvalue weighted by Gasteiger charge is 2.34. The van der Waals surface area contributed by atoms with Gasteiger partial charge in [-0.15, -0.1) is 0 Å². The molecule has 1 aromatic rings. The number of piperidine rings is 1. The summed E-state index contributed by atoms with van der Waals surface area (Å²) in [4.78, 5) is 2.28. The second-order valence-electron chi connectivity index (χ2n) is 6.54. The molecule has 2 aliphatic rings. The fourth-order valence-electron chi connectivity index (χ4n) is 3.47. The van der Waals surface area contributed by atoms with Crippen LogP contribution in [0.3, 0.4) is 0 Å². The highest BCUT2D eigenvalue weighted by atomic mass is 16.7. The van der Waals surface area contributed by atoms with E-state index in [0.29, 0.717) is 26.4 Å². The van der Waals surface area contributed by atoms with Crippen LogP contribution in [-0.2, 0) is 9.47 Å².